The van der Waals surface area contributed by atoms with Gasteiger partial charge in [-0.3, -0.25) is 10.1 Å². The van der Waals surface area contributed by atoms with E-state index in [1.807, 2.05) is 39.8 Å². The summed E-state index contributed by atoms with van der Waals surface area (Å²) in [5.41, 5.74) is -0.438. The molecule has 90 valence electrons. The zero-order valence-electron chi connectivity index (χ0n) is 10.2. The van der Waals surface area contributed by atoms with E-state index in [-0.39, 0.29) is 18.6 Å². The predicted molar refractivity (Wildman–Crippen MR) is 61.0 cm³/mol. The predicted octanol–water partition coefficient (Wildman–Crippen LogP) is 2.27. The lowest BCUT2D eigenvalue weighted by molar-refractivity contribution is -0.153. The molecular formula is C12H19NO3. The first-order valence-electron chi connectivity index (χ1n) is 5.37. The van der Waals surface area contributed by atoms with Crippen molar-refractivity contribution in [1.29, 1.82) is 0 Å². The van der Waals surface area contributed by atoms with E-state index >= 15 is 0 Å². The molecule has 0 spiro atoms. The van der Waals surface area contributed by atoms with E-state index < -0.39 is 5.60 Å². The largest absolute Gasteiger partial charge is 0.468 e. The standard InChI is InChI=1S/C12H19NO3/c1-9(10-6-5-7-15-10)13-8-11(14)16-12(2,3)4/h5-7,9,13H,8H2,1-4H3/t9-/m1/s1. The molecule has 1 aromatic rings. The molecule has 0 aromatic carbocycles. The minimum absolute atomic E-state index is 0.00233. The molecule has 1 rings (SSSR count). The quantitative estimate of drug-likeness (QED) is 0.799. The summed E-state index contributed by atoms with van der Waals surface area (Å²) in [6.07, 6.45) is 1.61. The molecule has 0 unspecified atom stereocenters. The normalized spacial score (nSPS) is 13.5. The monoisotopic (exact) mass is 225 g/mol. The lowest BCUT2D eigenvalue weighted by Gasteiger charge is -2.20. The Hall–Kier alpha value is -1.29. The second kappa shape index (κ2) is 5.16. The Morgan fingerprint density at radius 1 is 1.56 bits per heavy atom. The molecule has 0 aliphatic heterocycles. The van der Waals surface area contributed by atoms with E-state index in [2.05, 4.69) is 5.32 Å². The van der Waals surface area contributed by atoms with Crippen LogP contribution in [0.2, 0.25) is 0 Å². The highest BCUT2D eigenvalue weighted by molar-refractivity contribution is 5.72. The molecule has 0 bridgehead atoms. The zero-order valence-corrected chi connectivity index (χ0v) is 10.2. The number of esters is 1. The highest BCUT2D eigenvalue weighted by Gasteiger charge is 2.17. The molecule has 1 aromatic heterocycles. The number of hydrogen-bond donors (Lipinski definition) is 1. The summed E-state index contributed by atoms with van der Waals surface area (Å²) in [7, 11) is 0. The summed E-state index contributed by atoms with van der Waals surface area (Å²) < 4.78 is 10.4. The van der Waals surface area contributed by atoms with Gasteiger partial charge in [0.2, 0.25) is 0 Å². The second-order valence-electron chi connectivity index (χ2n) is 4.70. The topological polar surface area (TPSA) is 51.5 Å². The van der Waals surface area contributed by atoms with Gasteiger partial charge in [-0.25, -0.2) is 0 Å². The third-order valence-corrected chi connectivity index (χ3v) is 1.94. The third kappa shape index (κ3) is 4.49. The van der Waals surface area contributed by atoms with Gasteiger partial charge in [0.25, 0.3) is 0 Å². The lowest BCUT2D eigenvalue weighted by Crippen LogP contribution is -2.32. The van der Waals surface area contributed by atoms with Crippen molar-refractivity contribution < 1.29 is 13.9 Å². The van der Waals surface area contributed by atoms with E-state index in [4.69, 9.17) is 9.15 Å². The minimum atomic E-state index is -0.438. The molecule has 16 heavy (non-hydrogen) atoms. The zero-order chi connectivity index (χ0) is 12.2. The van der Waals surface area contributed by atoms with E-state index in [1.54, 1.807) is 6.26 Å². The fourth-order valence-electron chi connectivity index (χ4n) is 1.25. The molecule has 0 aliphatic carbocycles. The van der Waals surface area contributed by atoms with Crippen molar-refractivity contribution in [2.75, 3.05) is 6.54 Å². The first-order valence-corrected chi connectivity index (χ1v) is 5.37. The first kappa shape index (κ1) is 12.8. The Bertz CT molecular complexity index is 325. The van der Waals surface area contributed by atoms with Crippen molar-refractivity contribution in [2.24, 2.45) is 0 Å². The van der Waals surface area contributed by atoms with Crippen molar-refractivity contribution in [1.82, 2.24) is 5.32 Å². The fourth-order valence-corrected chi connectivity index (χ4v) is 1.25. The maximum Gasteiger partial charge on any atom is 0.320 e. The minimum Gasteiger partial charge on any atom is -0.468 e. The van der Waals surface area contributed by atoms with Gasteiger partial charge in [0.05, 0.1) is 18.8 Å². The Kier molecular flexibility index (Phi) is 4.12. The summed E-state index contributed by atoms with van der Waals surface area (Å²) in [5.74, 6) is 0.550. The Balaban J connectivity index is 2.32. The summed E-state index contributed by atoms with van der Waals surface area (Å²) in [6, 6.07) is 3.69. The van der Waals surface area contributed by atoms with Gasteiger partial charge in [-0.15, -0.1) is 0 Å². The van der Waals surface area contributed by atoms with Gasteiger partial charge in [-0.1, -0.05) is 0 Å². The van der Waals surface area contributed by atoms with Crippen LogP contribution in [0.5, 0.6) is 0 Å². The van der Waals surface area contributed by atoms with Crippen molar-refractivity contribution in [2.45, 2.75) is 39.3 Å². The van der Waals surface area contributed by atoms with Crippen LogP contribution in [-0.2, 0) is 9.53 Å². The molecule has 0 saturated carbocycles. The highest BCUT2D eigenvalue weighted by Crippen LogP contribution is 2.12. The summed E-state index contributed by atoms with van der Waals surface area (Å²) in [6.45, 7) is 7.66. The van der Waals surface area contributed by atoms with Gasteiger partial charge in [-0.05, 0) is 39.8 Å². The van der Waals surface area contributed by atoms with Crippen molar-refractivity contribution in [3.63, 3.8) is 0 Å². The number of nitrogens with one attached hydrogen (secondary N) is 1. The first-order chi connectivity index (χ1) is 7.38. The van der Waals surface area contributed by atoms with Crippen molar-refractivity contribution in [3.05, 3.63) is 24.2 Å². The van der Waals surface area contributed by atoms with Crippen molar-refractivity contribution in [3.8, 4) is 0 Å². The second-order valence-corrected chi connectivity index (χ2v) is 4.70. The van der Waals surface area contributed by atoms with Crippen LogP contribution in [0.4, 0.5) is 0 Å². The number of carbonyl (C=O) groups excluding carboxylic acids is 1. The molecule has 0 radical (unpaired) electrons. The van der Waals surface area contributed by atoms with Crippen LogP contribution in [0.3, 0.4) is 0 Å². The molecule has 0 saturated heterocycles. The number of rotatable bonds is 4. The van der Waals surface area contributed by atoms with Gasteiger partial charge in [-0.2, -0.15) is 0 Å². The third-order valence-electron chi connectivity index (χ3n) is 1.94. The van der Waals surface area contributed by atoms with Gasteiger partial charge in [0.1, 0.15) is 11.4 Å². The van der Waals surface area contributed by atoms with E-state index in [0.29, 0.717) is 0 Å². The smallest absolute Gasteiger partial charge is 0.320 e. The highest BCUT2D eigenvalue weighted by atomic mass is 16.6. The van der Waals surface area contributed by atoms with Gasteiger partial charge in [0, 0.05) is 0 Å². The summed E-state index contributed by atoms with van der Waals surface area (Å²) in [5, 5.41) is 3.04. The van der Waals surface area contributed by atoms with Crippen LogP contribution in [0.1, 0.15) is 39.5 Å². The molecule has 1 heterocycles. The number of ether oxygens (including phenoxy) is 1. The van der Waals surface area contributed by atoms with Crippen LogP contribution >= 0.6 is 0 Å². The van der Waals surface area contributed by atoms with Crippen LogP contribution in [0.25, 0.3) is 0 Å². The average molecular weight is 225 g/mol. The molecule has 1 atom stereocenters. The van der Waals surface area contributed by atoms with E-state index in [0.717, 1.165) is 5.76 Å². The number of hydrogen-bond acceptors (Lipinski definition) is 4. The van der Waals surface area contributed by atoms with Crippen molar-refractivity contribution >= 4 is 5.97 Å². The van der Waals surface area contributed by atoms with Gasteiger partial charge in [0.15, 0.2) is 0 Å². The SMILES string of the molecule is C[C@@H](NCC(=O)OC(C)(C)C)c1ccco1. The molecule has 0 aliphatic rings. The Morgan fingerprint density at radius 2 is 2.25 bits per heavy atom. The lowest BCUT2D eigenvalue weighted by atomic mass is 10.2. The Labute approximate surface area is 96.0 Å². The molecule has 0 amide bonds. The van der Waals surface area contributed by atoms with E-state index in [1.165, 1.54) is 0 Å². The summed E-state index contributed by atoms with van der Waals surface area (Å²) in [4.78, 5) is 11.4. The molecule has 4 heteroatoms. The molecule has 4 nitrogen and oxygen atoms in total. The van der Waals surface area contributed by atoms with Crippen LogP contribution in [0, 0.1) is 0 Å². The van der Waals surface area contributed by atoms with E-state index in [9.17, 15) is 4.79 Å². The number of furan rings is 1. The fraction of sp³-hybridized carbons (Fsp3) is 0.583. The van der Waals surface area contributed by atoms with Gasteiger partial charge < -0.3 is 9.15 Å². The van der Waals surface area contributed by atoms with Crippen LogP contribution in [-0.4, -0.2) is 18.1 Å². The molecule has 1 N–H and O–H groups in total. The number of carbonyl (C=O) groups is 1. The molecule has 0 fully saturated rings. The summed E-state index contributed by atoms with van der Waals surface area (Å²) >= 11 is 0. The maximum absolute atomic E-state index is 11.4. The average Bonchev–Trinajstić information content (AvgIpc) is 2.64. The molecular weight excluding hydrogens is 206 g/mol. The van der Waals surface area contributed by atoms with Gasteiger partial charge >= 0.3 is 5.97 Å². The Morgan fingerprint density at radius 3 is 2.75 bits per heavy atom. The van der Waals surface area contributed by atoms with Crippen LogP contribution < -0.4 is 5.32 Å². The van der Waals surface area contributed by atoms with Crippen LogP contribution in [0.15, 0.2) is 22.8 Å². The maximum atomic E-state index is 11.4.